The molecule has 4 amide bonds. The molecule has 2 aromatic carbocycles. The van der Waals surface area contributed by atoms with Crippen LogP contribution in [0.2, 0.25) is 0 Å². The minimum absolute atomic E-state index is 0.125. The molecule has 37 heavy (non-hydrogen) atoms. The van der Waals surface area contributed by atoms with Crippen LogP contribution in [0.15, 0.2) is 60.2 Å². The van der Waals surface area contributed by atoms with Gasteiger partial charge in [-0.25, -0.2) is 14.6 Å². The van der Waals surface area contributed by atoms with Gasteiger partial charge in [-0.2, -0.15) is 0 Å². The van der Waals surface area contributed by atoms with Gasteiger partial charge in [0.25, 0.3) is 0 Å². The first-order valence-electron chi connectivity index (χ1n) is 12.5. The van der Waals surface area contributed by atoms with E-state index in [0.717, 1.165) is 11.1 Å². The molecule has 8 nitrogen and oxygen atoms in total. The van der Waals surface area contributed by atoms with E-state index in [1.54, 1.807) is 37.3 Å². The number of anilines is 2. The van der Waals surface area contributed by atoms with E-state index in [1.165, 1.54) is 9.80 Å². The molecule has 0 aromatic heterocycles. The van der Waals surface area contributed by atoms with Crippen molar-refractivity contribution in [1.82, 2.24) is 0 Å². The van der Waals surface area contributed by atoms with Gasteiger partial charge in [0.1, 0.15) is 0 Å². The molecule has 8 heteroatoms. The first-order valence-corrected chi connectivity index (χ1v) is 12.5. The number of benzene rings is 2. The predicted octanol–water partition coefficient (Wildman–Crippen LogP) is 2.96. The number of esters is 1. The zero-order valence-electron chi connectivity index (χ0n) is 20.7. The lowest BCUT2D eigenvalue weighted by Crippen LogP contribution is -2.53. The number of carbonyl (C=O) groups excluding carboxylic acids is 5. The number of hydrogen-bond acceptors (Lipinski definition) is 6. The third-order valence-electron chi connectivity index (χ3n) is 8.35. The van der Waals surface area contributed by atoms with Gasteiger partial charge in [-0.3, -0.25) is 19.2 Å². The highest BCUT2D eigenvalue weighted by molar-refractivity contribution is 6.27. The summed E-state index contributed by atoms with van der Waals surface area (Å²) in [6.07, 6.45) is 1.63. The molecule has 2 aromatic rings. The van der Waals surface area contributed by atoms with E-state index < -0.39 is 65.1 Å². The fourth-order valence-corrected chi connectivity index (χ4v) is 6.87. The minimum atomic E-state index is -0.921. The first-order chi connectivity index (χ1) is 17.8. The Morgan fingerprint density at radius 3 is 1.57 bits per heavy atom. The smallest absolute Gasteiger partial charge is 0.334 e. The van der Waals surface area contributed by atoms with Crippen molar-refractivity contribution in [3.05, 3.63) is 71.3 Å². The van der Waals surface area contributed by atoms with Crippen molar-refractivity contribution in [2.45, 2.75) is 20.8 Å². The largest absolute Gasteiger partial charge is 0.463 e. The zero-order chi connectivity index (χ0) is 26.2. The van der Waals surface area contributed by atoms with Crippen molar-refractivity contribution in [3.63, 3.8) is 0 Å². The highest BCUT2D eigenvalue weighted by atomic mass is 16.5. The van der Waals surface area contributed by atoms with E-state index in [4.69, 9.17) is 4.74 Å². The summed E-state index contributed by atoms with van der Waals surface area (Å²) in [5.41, 5.74) is 2.69. The number of imide groups is 2. The van der Waals surface area contributed by atoms with Crippen LogP contribution in [-0.2, 0) is 28.7 Å². The Balaban J connectivity index is 1.49. The van der Waals surface area contributed by atoms with Crippen molar-refractivity contribution >= 4 is 41.0 Å². The Labute approximate surface area is 213 Å². The maximum Gasteiger partial charge on any atom is 0.334 e. The molecule has 7 rings (SSSR count). The summed E-state index contributed by atoms with van der Waals surface area (Å²) < 4.78 is 5.29. The van der Waals surface area contributed by atoms with E-state index in [1.807, 2.05) is 38.1 Å². The molecule has 3 fully saturated rings. The summed E-state index contributed by atoms with van der Waals surface area (Å²) in [6, 6.07) is 14.2. The van der Waals surface area contributed by atoms with Crippen molar-refractivity contribution < 1.29 is 28.7 Å². The monoisotopic (exact) mass is 498 g/mol. The van der Waals surface area contributed by atoms with Crippen molar-refractivity contribution in [2.24, 2.45) is 35.5 Å². The number of carbonyl (C=O) groups is 5. The molecule has 4 atom stereocenters. The Morgan fingerprint density at radius 1 is 0.703 bits per heavy atom. The molecule has 2 heterocycles. The summed E-state index contributed by atoms with van der Waals surface area (Å²) in [6.45, 7) is 5.44. The molecule has 4 unspecified atom stereocenters. The lowest BCUT2D eigenvalue weighted by atomic mass is 9.52. The van der Waals surface area contributed by atoms with Crippen LogP contribution in [0.25, 0.3) is 0 Å². The van der Waals surface area contributed by atoms with Gasteiger partial charge in [0, 0.05) is 17.4 Å². The van der Waals surface area contributed by atoms with Crippen molar-refractivity contribution in [3.8, 4) is 0 Å². The molecule has 188 valence electrons. The van der Waals surface area contributed by atoms with Gasteiger partial charge in [-0.15, -0.1) is 0 Å². The van der Waals surface area contributed by atoms with E-state index in [2.05, 4.69) is 0 Å². The lowest BCUT2D eigenvalue weighted by Gasteiger charge is -2.46. The Morgan fingerprint density at radius 2 is 1.14 bits per heavy atom. The molecular formula is C29H26N2O6. The SMILES string of the molecule is CCOC(=O)C1=CC2C3C(=O)N(c4ccccc4C)C(=O)C3C1C1C(=O)N(c3ccccc3C)C(=O)C21. The minimum Gasteiger partial charge on any atom is -0.463 e. The van der Waals surface area contributed by atoms with Crippen LogP contribution in [0.1, 0.15) is 18.1 Å². The predicted molar refractivity (Wildman–Crippen MR) is 133 cm³/mol. The first kappa shape index (κ1) is 23.3. The Hall–Kier alpha value is -4.07. The number of para-hydroxylation sites is 2. The second-order valence-electron chi connectivity index (χ2n) is 10.1. The number of nitrogens with zero attached hydrogens (tertiary/aromatic N) is 2. The number of hydrogen-bond donors (Lipinski definition) is 0. The summed E-state index contributed by atoms with van der Waals surface area (Å²) in [7, 11) is 0. The van der Waals surface area contributed by atoms with Crippen LogP contribution < -0.4 is 9.80 Å². The number of aryl methyl sites for hydroxylation is 2. The van der Waals surface area contributed by atoms with Crippen LogP contribution in [0.3, 0.4) is 0 Å². The quantitative estimate of drug-likeness (QED) is 0.475. The fraction of sp³-hybridized carbons (Fsp3) is 0.345. The van der Waals surface area contributed by atoms with Gasteiger partial charge >= 0.3 is 5.97 Å². The van der Waals surface area contributed by atoms with Gasteiger partial charge in [0.05, 0.1) is 41.7 Å². The van der Waals surface area contributed by atoms with Gasteiger partial charge in [-0.05, 0) is 44.0 Å². The van der Waals surface area contributed by atoms with Crippen LogP contribution in [0, 0.1) is 49.4 Å². The zero-order valence-corrected chi connectivity index (χ0v) is 20.7. The number of rotatable bonds is 4. The van der Waals surface area contributed by atoms with Crippen LogP contribution in [0.4, 0.5) is 11.4 Å². The van der Waals surface area contributed by atoms with Crippen molar-refractivity contribution in [2.75, 3.05) is 16.4 Å². The van der Waals surface area contributed by atoms with Crippen LogP contribution in [-0.4, -0.2) is 36.2 Å². The normalized spacial score (nSPS) is 30.0. The summed E-state index contributed by atoms with van der Waals surface area (Å²) in [5.74, 6) is -7.48. The summed E-state index contributed by atoms with van der Waals surface area (Å²) in [5, 5.41) is 0. The molecule has 2 aliphatic heterocycles. The van der Waals surface area contributed by atoms with Gasteiger partial charge in [-0.1, -0.05) is 42.5 Å². The Bertz CT molecular complexity index is 1340. The highest BCUT2D eigenvalue weighted by Crippen LogP contribution is 2.61. The van der Waals surface area contributed by atoms with Crippen LogP contribution in [0.5, 0.6) is 0 Å². The summed E-state index contributed by atoms with van der Waals surface area (Å²) in [4.78, 5) is 70.9. The second kappa shape index (κ2) is 8.23. The van der Waals surface area contributed by atoms with Crippen molar-refractivity contribution in [1.29, 1.82) is 0 Å². The third-order valence-corrected chi connectivity index (χ3v) is 8.35. The van der Waals surface area contributed by atoms with E-state index in [9.17, 15) is 24.0 Å². The number of amides is 4. The van der Waals surface area contributed by atoms with Gasteiger partial charge < -0.3 is 4.74 Å². The van der Waals surface area contributed by atoms with Gasteiger partial charge in [0.2, 0.25) is 23.6 Å². The van der Waals surface area contributed by atoms with E-state index in [0.29, 0.717) is 11.4 Å². The number of ether oxygens (including phenoxy) is 1. The average molecular weight is 499 g/mol. The summed E-state index contributed by atoms with van der Waals surface area (Å²) >= 11 is 0. The van der Waals surface area contributed by atoms with Crippen LogP contribution >= 0.6 is 0 Å². The third kappa shape index (κ3) is 3.04. The van der Waals surface area contributed by atoms with Gasteiger partial charge in [0.15, 0.2) is 0 Å². The topological polar surface area (TPSA) is 101 Å². The second-order valence-corrected chi connectivity index (χ2v) is 10.1. The molecule has 5 aliphatic rings. The molecule has 2 bridgehead atoms. The highest BCUT2D eigenvalue weighted by Gasteiger charge is 2.71. The lowest BCUT2D eigenvalue weighted by molar-refractivity contribution is -0.146. The molecule has 0 radical (unpaired) electrons. The molecule has 0 N–H and O–H groups in total. The molecule has 2 saturated heterocycles. The molecule has 3 aliphatic carbocycles. The average Bonchev–Trinajstić information content (AvgIpc) is 3.31. The molecule has 1 saturated carbocycles. The van der Waals surface area contributed by atoms with E-state index in [-0.39, 0.29) is 12.2 Å². The standard InChI is InChI=1S/C29H26N2O6/c1-4-37-29(36)17-13-16-21-23(27(34)30(25(21)32)18-11-7-5-9-14(18)2)20(17)24-22(16)26(33)31(28(24)35)19-12-8-6-10-15(19)3/h5-13,16,20-24H,4H2,1-3H3. The number of allylic oxidation sites excluding steroid dienone is 1. The fourth-order valence-electron chi connectivity index (χ4n) is 6.87. The van der Waals surface area contributed by atoms with E-state index >= 15 is 0 Å². The maximum absolute atomic E-state index is 13.9. The Kier molecular flexibility index (Phi) is 5.19. The molecular weight excluding hydrogens is 472 g/mol. The maximum atomic E-state index is 13.9. The molecule has 0 spiro atoms.